The Labute approximate surface area is 146 Å². The van der Waals surface area contributed by atoms with Gasteiger partial charge in [-0.3, -0.25) is 10.4 Å². The van der Waals surface area contributed by atoms with Crippen molar-refractivity contribution in [2.24, 2.45) is 0 Å². The molecule has 2 N–H and O–H groups in total. The molecule has 0 fully saturated rings. The number of nitrogens with zero attached hydrogens (tertiary/aromatic N) is 1. The van der Waals surface area contributed by atoms with E-state index >= 15 is 0 Å². The van der Waals surface area contributed by atoms with Gasteiger partial charge in [0, 0.05) is 11.5 Å². The molecule has 0 atom stereocenters. The quantitative estimate of drug-likeness (QED) is 0.746. The maximum Gasteiger partial charge on any atom is 0.412 e. The molecule has 126 valence electrons. The third-order valence-electron chi connectivity index (χ3n) is 4.67. The molecular weight excluding hydrogens is 314 g/mol. The van der Waals surface area contributed by atoms with Gasteiger partial charge in [-0.1, -0.05) is 55.5 Å². The number of carbonyl (C=O) groups is 1. The second-order valence-corrected chi connectivity index (χ2v) is 6.07. The van der Waals surface area contributed by atoms with Crippen LogP contribution in [0.25, 0.3) is 11.1 Å². The number of anilines is 1. The summed E-state index contributed by atoms with van der Waals surface area (Å²) in [6.07, 6.45) is 2.02. The van der Waals surface area contributed by atoms with E-state index in [-0.39, 0.29) is 5.92 Å². The number of rotatable bonds is 4. The molecule has 3 aromatic rings. The maximum atomic E-state index is 12.2. The van der Waals surface area contributed by atoms with Gasteiger partial charge in [0.05, 0.1) is 6.20 Å². The van der Waals surface area contributed by atoms with E-state index in [1.165, 1.54) is 22.3 Å². The van der Waals surface area contributed by atoms with E-state index in [2.05, 4.69) is 39.8 Å². The van der Waals surface area contributed by atoms with Crippen LogP contribution in [0.1, 0.15) is 29.5 Å². The Hall–Kier alpha value is -3.08. The van der Waals surface area contributed by atoms with E-state index in [1.807, 2.05) is 31.2 Å². The molecule has 1 aliphatic rings. The molecule has 1 aliphatic carbocycles. The number of nitrogens with one attached hydrogen (secondary N) is 2. The van der Waals surface area contributed by atoms with E-state index in [9.17, 15) is 4.79 Å². The first-order valence-electron chi connectivity index (χ1n) is 8.42. The average Bonchev–Trinajstić information content (AvgIpc) is 3.22. The van der Waals surface area contributed by atoms with Crippen molar-refractivity contribution >= 4 is 11.9 Å². The molecule has 2 aromatic carbocycles. The first-order chi connectivity index (χ1) is 12.3. The second kappa shape index (κ2) is 6.43. The number of aromatic nitrogens is 2. The largest absolute Gasteiger partial charge is 0.448 e. The average molecular weight is 333 g/mol. The van der Waals surface area contributed by atoms with E-state index < -0.39 is 6.09 Å². The smallest absolute Gasteiger partial charge is 0.412 e. The van der Waals surface area contributed by atoms with Crippen molar-refractivity contribution in [3.63, 3.8) is 0 Å². The summed E-state index contributed by atoms with van der Waals surface area (Å²) in [7, 11) is 0. The number of H-pyrrole nitrogens is 1. The molecule has 5 nitrogen and oxygen atoms in total. The van der Waals surface area contributed by atoms with Gasteiger partial charge in [-0.25, -0.2) is 4.79 Å². The van der Waals surface area contributed by atoms with Gasteiger partial charge in [-0.15, -0.1) is 0 Å². The van der Waals surface area contributed by atoms with Crippen LogP contribution in [-0.4, -0.2) is 22.9 Å². The zero-order valence-corrected chi connectivity index (χ0v) is 14.0. The summed E-state index contributed by atoms with van der Waals surface area (Å²) in [6, 6.07) is 16.6. The molecule has 0 radical (unpaired) electrons. The van der Waals surface area contributed by atoms with Gasteiger partial charge in [0.1, 0.15) is 12.4 Å². The summed E-state index contributed by atoms with van der Waals surface area (Å²) in [5.41, 5.74) is 5.79. The third kappa shape index (κ3) is 2.78. The monoisotopic (exact) mass is 333 g/mol. The highest BCUT2D eigenvalue weighted by Gasteiger charge is 2.29. The molecule has 1 heterocycles. The van der Waals surface area contributed by atoms with Crippen LogP contribution in [0, 0.1) is 0 Å². The summed E-state index contributed by atoms with van der Waals surface area (Å²) in [4.78, 5) is 12.2. The molecular formula is C20H19N3O2. The summed E-state index contributed by atoms with van der Waals surface area (Å²) < 4.78 is 5.51. The Morgan fingerprint density at radius 3 is 2.40 bits per heavy atom. The van der Waals surface area contributed by atoms with E-state index in [4.69, 9.17) is 4.74 Å². The van der Waals surface area contributed by atoms with Crippen molar-refractivity contribution in [2.45, 2.75) is 19.3 Å². The first kappa shape index (κ1) is 15.4. The number of aryl methyl sites for hydroxylation is 1. The lowest BCUT2D eigenvalue weighted by molar-refractivity contribution is 0.158. The van der Waals surface area contributed by atoms with Gasteiger partial charge in [0.2, 0.25) is 0 Å². The van der Waals surface area contributed by atoms with Gasteiger partial charge in [0.25, 0.3) is 0 Å². The zero-order chi connectivity index (χ0) is 17.2. The Morgan fingerprint density at radius 2 is 1.76 bits per heavy atom. The van der Waals surface area contributed by atoms with Crippen molar-refractivity contribution in [1.29, 1.82) is 0 Å². The highest BCUT2D eigenvalue weighted by Crippen LogP contribution is 2.44. The van der Waals surface area contributed by atoms with Crippen LogP contribution in [0.15, 0.2) is 54.7 Å². The third-order valence-corrected chi connectivity index (χ3v) is 4.67. The number of hydrogen-bond donors (Lipinski definition) is 2. The lowest BCUT2D eigenvalue weighted by atomic mass is 9.98. The summed E-state index contributed by atoms with van der Waals surface area (Å²) >= 11 is 0. The summed E-state index contributed by atoms with van der Waals surface area (Å²) in [5, 5.41) is 9.47. The molecule has 4 rings (SSSR count). The van der Waals surface area contributed by atoms with Crippen molar-refractivity contribution in [3.05, 3.63) is 71.4 Å². The van der Waals surface area contributed by atoms with Crippen molar-refractivity contribution < 1.29 is 9.53 Å². The van der Waals surface area contributed by atoms with E-state index in [1.54, 1.807) is 6.20 Å². The van der Waals surface area contributed by atoms with Crippen molar-refractivity contribution in [3.8, 4) is 11.1 Å². The molecule has 0 bridgehead atoms. The number of fused-ring (bicyclic) bond motifs is 3. The van der Waals surface area contributed by atoms with Gasteiger partial charge in [0.15, 0.2) is 0 Å². The highest BCUT2D eigenvalue weighted by atomic mass is 16.5. The fraction of sp³-hybridized carbons (Fsp3) is 0.200. The number of benzene rings is 2. The number of carbonyl (C=O) groups excluding carboxylic acids is 1. The van der Waals surface area contributed by atoms with Gasteiger partial charge >= 0.3 is 6.09 Å². The van der Waals surface area contributed by atoms with Gasteiger partial charge in [-0.2, -0.15) is 5.10 Å². The fourth-order valence-electron chi connectivity index (χ4n) is 3.42. The van der Waals surface area contributed by atoms with Crippen LogP contribution in [0.5, 0.6) is 0 Å². The normalized spacial score (nSPS) is 12.5. The molecule has 25 heavy (non-hydrogen) atoms. The highest BCUT2D eigenvalue weighted by molar-refractivity contribution is 5.84. The number of amides is 1. The van der Waals surface area contributed by atoms with E-state index in [0.29, 0.717) is 12.4 Å². The number of aromatic amines is 1. The molecule has 0 saturated heterocycles. The van der Waals surface area contributed by atoms with Gasteiger partial charge in [-0.05, 0) is 28.7 Å². The minimum atomic E-state index is -0.471. The van der Waals surface area contributed by atoms with E-state index in [0.717, 1.165) is 12.0 Å². The Morgan fingerprint density at radius 1 is 1.12 bits per heavy atom. The number of hydrogen-bond acceptors (Lipinski definition) is 3. The van der Waals surface area contributed by atoms with Crippen LogP contribution in [0.2, 0.25) is 0 Å². The molecule has 1 aromatic heterocycles. The fourth-order valence-corrected chi connectivity index (χ4v) is 3.42. The molecule has 5 heteroatoms. The first-order valence-corrected chi connectivity index (χ1v) is 8.42. The van der Waals surface area contributed by atoms with Crippen molar-refractivity contribution in [2.75, 3.05) is 11.9 Å². The van der Waals surface area contributed by atoms with Crippen molar-refractivity contribution in [1.82, 2.24) is 10.2 Å². The van der Waals surface area contributed by atoms with Crippen LogP contribution in [-0.2, 0) is 11.2 Å². The minimum Gasteiger partial charge on any atom is -0.448 e. The lowest BCUT2D eigenvalue weighted by Crippen LogP contribution is -2.18. The van der Waals surface area contributed by atoms with Gasteiger partial charge < -0.3 is 4.74 Å². The summed E-state index contributed by atoms with van der Waals surface area (Å²) in [6.45, 7) is 2.31. The maximum absolute atomic E-state index is 12.2. The molecule has 0 aliphatic heterocycles. The summed E-state index contributed by atoms with van der Waals surface area (Å²) in [5.74, 6) is 0.658. The van der Waals surface area contributed by atoms with Crippen LogP contribution in [0.3, 0.4) is 0 Å². The Bertz CT molecular complexity index is 871. The topological polar surface area (TPSA) is 67.0 Å². The van der Waals surface area contributed by atoms with Crippen LogP contribution < -0.4 is 5.32 Å². The molecule has 0 unspecified atom stereocenters. The lowest BCUT2D eigenvalue weighted by Gasteiger charge is -2.14. The van der Waals surface area contributed by atoms with Crippen LogP contribution in [0.4, 0.5) is 10.6 Å². The van der Waals surface area contributed by atoms with Crippen LogP contribution >= 0.6 is 0 Å². The standard InChI is InChI=1S/C20H19N3O2/c1-2-13-11-21-23-19(13)22-20(24)25-12-18-16-9-5-3-7-14(16)15-8-4-6-10-17(15)18/h3-11,18H,2,12H2,1H3,(H2,21,22,23,24). The molecule has 1 amide bonds. The predicted octanol–water partition coefficient (Wildman–Crippen LogP) is 4.33. The predicted molar refractivity (Wildman–Crippen MR) is 96.7 cm³/mol. The minimum absolute atomic E-state index is 0.0607. The Kier molecular flexibility index (Phi) is 3.98. The number of ether oxygens (including phenoxy) is 1. The second-order valence-electron chi connectivity index (χ2n) is 6.07. The Balaban J connectivity index is 1.50. The zero-order valence-electron chi connectivity index (χ0n) is 14.0. The molecule has 0 spiro atoms. The SMILES string of the molecule is CCc1cn[nH]c1NC(=O)OCC1c2ccccc2-c2ccccc21. The molecule has 0 saturated carbocycles.